The van der Waals surface area contributed by atoms with Crippen molar-refractivity contribution in [3.63, 3.8) is 0 Å². The second kappa shape index (κ2) is 7.17. The van der Waals surface area contributed by atoms with Crippen LogP contribution >= 0.6 is 11.6 Å². The molecule has 0 N–H and O–H groups in total. The van der Waals surface area contributed by atoms with Gasteiger partial charge in [0.2, 0.25) is 0 Å². The summed E-state index contributed by atoms with van der Waals surface area (Å²) < 4.78 is 1.96. The average Bonchev–Trinajstić information content (AvgIpc) is 2.83. The summed E-state index contributed by atoms with van der Waals surface area (Å²) in [4.78, 5) is 4.24. The summed E-state index contributed by atoms with van der Waals surface area (Å²) in [5, 5.41) is 1.61. The van der Waals surface area contributed by atoms with E-state index < -0.39 is 8.07 Å². The van der Waals surface area contributed by atoms with Gasteiger partial charge in [0.05, 0.1) is 10.5 Å². The predicted molar refractivity (Wildman–Crippen MR) is 109 cm³/mol. The predicted octanol–water partition coefficient (Wildman–Crippen LogP) is 6.36. The molecule has 2 aromatic rings. The van der Waals surface area contributed by atoms with Gasteiger partial charge in [-0.25, -0.2) is 0 Å². The third kappa shape index (κ3) is 3.06. The van der Waals surface area contributed by atoms with E-state index in [0.29, 0.717) is 21.6 Å². The molecular weight excluding hydrogens is 332 g/mol. The number of fused-ring (bicyclic) bond motifs is 1. The molecule has 0 bridgehead atoms. The summed E-state index contributed by atoms with van der Waals surface area (Å²) in [5.74, 6) is 0. The van der Waals surface area contributed by atoms with E-state index in [-0.39, 0.29) is 0 Å². The van der Waals surface area contributed by atoms with Crippen molar-refractivity contribution in [3.8, 4) is 11.6 Å². The summed E-state index contributed by atoms with van der Waals surface area (Å²) in [6, 6.07) is 3.44. The van der Waals surface area contributed by atoms with Crippen molar-refractivity contribution in [2.45, 2.75) is 58.2 Å². The van der Waals surface area contributed by atoms with Crippen molar-refractivity contribution >= 4 is 36.7 Å². The molecular formula is C20H27ClN2Si. The molecule has 0 aliphatic rings. The molecule has 0 saturated heterocycles. The summed E-state index contributed by atoms with van der Waals surface area (Å²) in [5.41, 5.74) is 7.50. The van der Waals surface area contributed by atoms with Gasteiger partial charge in [0.25, 0.3) is 0 Å². The lowest BCUT2D eigenvalue weighted by Gasteiger charge is -2.37. The van der Waals surface area contributed by atoms with Gasteiger partial charge in [-0.2, -0.15) is 0 Å². The van der Waals surface area contributed by atoms with Crippen LogP contribution in [0.1, 0.15) is 47.1 Å². The fourth-order valence-corrected chi connectivity index (χ4v) is 9.40. The molecule has 0 saturated carbocycles. The molecule has 4 heteroatoms. The molecule has 0 amide bonds. The monoisotopic (exact) mass is 358 g/mol. The fourth-order valence-electron chi connectivity index (χ4n) is 3.99. The maximum atomic E-state index is 6.39. The molecule has 24 heavy (non-hydrogen) atoms. The lowest BCUT2D eigenvalue weighted by Crippen LogP contribution is -2.43. The van der Waals surface area contributed by atoms with Crippen molar-refractivity contribution < 1.29 is 0 Å². The van der Waals surface area contributed by atoms with Crippen LogP contribution in [-0.4, -0.2) is 17.6 Å². The van der Waals surface area contributed by atoms with Gasteiger partial charge in [-0.1, -0.05) is 65.8 Å². The zero-order valence-electron chi connectivity index (χ0n) is 15.5. The molecule has 0 atom stereocenters. The Kier molecular flexibility index (Phi) is 5.62. The first-order valence-corrected chi connectivity index (χ1v) is 11.2. The minimum atomic E-state index is -1.78. The van der Waals surface area contributed by atoms with Gasteiger partial charge in [0, 0.05) is 35.6 Å². The Bertz CT molecular complexity index is 784. The molecule has 0 fully saturated rings. The Morgan fingerprint density at radius 2 is 1.71 bits per heavy atom. The molecule has 2 rings (SSSR count). The highest BCUT2D eigenvalue weighted by Gasteiger charge is 2.41. The first-order valence-electron chi connectivity index (χ1n) is 8.55. The van der Waals surface area contributed by atoms with Gasteiger partial charge in [0.15, 0.2) is 0 Å². The molecule has 2 aromatic heterocycles. The minimum Gasteiger partial charge on any atom is -0.275 e. The van der Waals surface area contributed by atoms with Crippen LogP contribution in [0.25, 0.3) is 17.0 Å². The molecule has 2 heterocycles. The van der Waals surface area contributed by atoms with Crippen LogP contribution in [0.5, 0.6) is 0 Å². The molecule has 0 aromatic carbocycles. The Labute approximate surface area is 151 Å². The quantitative estimate of drug-likeness (QED) is 0.459. The van der Waals surface area contributed by atoms with E-state index in [4.69, 9.17) is 11.6 Å². The highest BCUT2D eigenvalue weighted by atomic mass is 35.5. The van der Waals surface area contributed by atoms with Crippen molar-refractivity contribution in [2.24, 2.45) is 0 Å². The molecule has 0 radical (unpaired) electrons. The van der Waals surface area contributed by atoms with Gasteiger partial charge in [-0.15, -0.1) is 5.54 Å². The molecule has 0 aliphatic carbocycles. The van der Waals surface area contributed by atoms with Crippen molar-refractivity contribution in [1.82, 2.24) is 9.55 Å². The number of nitrogens with zero attached hydrogens (tertiary/aromatic N) is 2. The topological polar surface area (TPSA) is 17.8 Å². The van der Waals surface area contributed by atoms with Crippen molar-refractivity contribution in [3.05, 3.63) is 35.8 Å². The van der Waals surface area contributed by atoms with E-state index in [2.05, 4.69) is 64.7 Å². The van der Waals surface area contributed by atoms with Gasteiger partial charge in [-0.05, 0) is 16.6 Å². The first kappa shape index (κ1) is 18.8. The lowest BCUT2D eigenvalue weighted by molar-refractivity contribution is 0.838. The van der Waals surface area contributed by atoms with Crippen molar-refractivity contribution in [1.29, 1.82) is 0 Å². The number of aromatic nitrogens is 2. The SMILES string of the molecule is C=Cc1cncc2c(Cl)cn(C#C[Si](C(C)C)(C(C)C)C(C)C)c12. The third-order valence-corrected chi connectivity index (χ3v) is 11.7. The van der Waals surface area contributed by atoms with E-state index in [1.807, 2.05) is 23.0 Å². The zero-order chi connectivity index (χ0) is 18.1. The maximum Gasteiger partial charge on any atom is 0.148 e. The standard InChI is InChI=1S/C20H27ClN2Si/c1-8-17-11-22-12-18-19(21)13-23(20(17)18)9-10-24(14(2)3,15(4)5)16(6)7/h8,11-16H,1H2,2-7H3. The molecule has 0 unspecified atom stereocenters. The molecule has 2 nitrogen and oxygen atoms in total. The van der Waals surface area contributed by atoms with E-state index in [0.717, 1.165) is 16.5 Å². The van der Waals surface area contributed by atoms with Crippen LogP contribution in [0.15, 0.2) is 25.2 Å². The minimum absolute atomic E-state index is 0.600. The molecule has 0 spiro atoms. The number of rotatable bonds is 4. The Balaban J connectivity index is 2.70. The first-order chi connectivity index (χ1) is 11.3. The number of pyridine rings is 1. The van der Waals surface area contributed by atoms with E-state index >= 15 is 0 Å². The van der Waals surface area contributed by atoms with Crippen molar-refractivity contribution in [2.75, 3.05) is 0 Å². The second-order valence-corrected chi connectivity index (χ2v) is 13.3. The largest absolute Gasteiger partial charge is 0.275 e. The maximum absolute atomic E-state index is 6.39. The van der Waals surface area contributed by atoms with Crippen LogP contribution in [0.4, 0.5) is 0 Å². The van der Waals surface area contributed by atoms with Crippen LogP contribution < -0.4 is 0 Å². The fraction of sp³-hybridized carbons (Fsp3) is 0.450. The van der Waals surface area contributed by atoms with Gasteiger partial charge >= 0.3 is 0 Å². The lowest BCUT2D eigenvalue weighted by atomic mass is 10.2. The van der Waals surface area contributed by atoms with Gasteiger partial charge in [-0.3, -0.25) is 9.55 Å². The van der Waals surface area contributed by atoms with Crippen LogP contribution in [0, 0.1) is 11.6 Å². The molecule has 128 valence electrons. The van der Waals surface area contributed by atoms with Crippen LogP contribution in [-0.2, 0) is 0 Å². The van der Waals surface area contributed by atoms with E-state index in [1.165, 1.54) is 0 Å². The van der Waals surface area contributed by atoms with E-state index in [1.54, 1.807) is 6.20 Å². The summed E-state index contributed by atoms with van der Waals surface area (Å²) in [7, 11) is -1.78. The van der Waals surface area contributed by atoms with Crippen LogP contribution in [0.2, 0.25) is 21.6 Å². The highest BCUT2D eigenvalue weighted by Crippen LogP contribution is 2.40. The Morgan fingerprint density at radius 1 is 1.12 bits per heavy atom. The number of halogens is 1. The van der Waals surface area contributed by atoms with Crippen LogP contribution in [0.3, 0.4) is 0 Å². The second-order valence-electron chi connectivity index (χ2n) is 7.31. The summed E-state index contributed by atoms with van der Waals surface area (Å²) >= 11 is 6.39. The number of hydrogen-bond donors (Lipinski definition) is 0. The van der Waals surface area contributed by atoms with Gasteiger partial charge < -0.3 is 0 Å². The van der Waals surface area contributed by atoms with E-state index in [9.17, 15) is 0 Å². The summed E-state index contributed by atoms with van der Waals surface area (Å²) in [6.07, 6.45) is 7.30. The van der Waals surface area contributed by atoms with Gasteiger partial charge in [0.1, 0.15) is 8.07 Å². The highest BCUT2D eigenvalue weighted by molar-refractivity contribution is 6.90. The summed E-state index contributed by atoms with van der Waals surface area (Å²) in [6.45, 7) is 17.8. The molecule has 0 aliphatic heterocycles. The smallest absolute Gasteiger partial charge is 0.148 e. The third-order valence-electron chi connectivity index (χ3n) is 5.17. The number of hydrogen-bond acceptors (Lipinski definition) is 1. The zero-order valence-corrected chi connectivity index (χ0v) is 17.3. The Hall–Kier alpha value is -1.50. The Morgan fingerprint density at radius 3 is 2.21 bits per heavy atom. The normalized spacial score (nSPS) is 12.1. The average molecular weight is 359 g/mol.